The summed E-state index contributed by atoms with van der Waals surface area (Å²) in [6.45, 7) is 10.7. The monoisotopic (exact) mass is 559 g/mol. The van der Waals surface area contributed by atoms with E-state index in [1.165, 1.54) is 6.92 Å². The van der Waals surface area contributed by atoms with E-state index in [2.05, 4.69) is 19.9 Å². The maximum absolute atomic E-state index is 15.5. The van der Waals surface area contributed by atoms with Crippen LogP contribution in [0.1, 0.15) is 63.1 Å². The molecule has 1 aromatic carbocycles. The van der Waals surface area contributed by atoms with Crippen LogP contribution in [-0.2, 0) is 16.2 Å². The van der Waals surface area contributed by atoms with Crippen molar-refractivity contribution in [2.75, 3.05) is 26.0 Å². The van der Waals surface area contributed by atoms with Crippen LogP contribution in [0, 0.1) is 19.3 Å². The highest BCUT2D eigenvalue weighted by molar-refractivity contribution is 7.89. The molecule has 2 heterocycles. The van der Waals surface area contributed by atoms with E-state index in [-0.39, 0.29) is 17.7 Å². The van der Waals surface area contributed by atoms with E-state index in [4.69, 9.17) is 4.99 Å². The molecule has 1 saturated heterocycles. The maximum atomic E-state index is 15.5. The number of alkyl halides is 1. The number of carboxylic acids is 1. The fraction of sp³-hybridized carbons (Fsp3) is 0.552. The number of nitrogens with zero attached hydrogens (tertiary/aromatic N) is 3. The van der Waals surface area contributed by atoms with Crippen molar-refractivity contribution in [3.63, 3.8) is 0 Å². The maximum Gasteiger partial charge on any atom is 0.303 e. The highest BCUT2D eigenvalue weighted by atomic mass is 32.2. The first-order valence-electron chi connectivity index (χ1n) is 13.4. The lowest BCUT2D eigenvalue weighted by Crippen LogP contribution is -2.46. The van der Waals surface area contributed by atoms with E-state index in [9.17, 15) is 14.5 Å². The van der Waals surface area contributed by atoms with Gasteiger partial charge < -0.3 is 14.6 Å². The van der Waals surface area contributed by atoms with Gasteiger partial charge in [-0.1, -0.05) is 37.3 Å². The third-order valence-corrected chi connectivity index (χ3v) is 8.29. The van der Waals surface area contributed by atoms with Gasteiger partial charge in [0.25, 0.3) is 0 Å². The molecule has 3 N–H and O–H groups in total. The molecule has 0 radical (unpaired) electrons. The minimum absolute atomic E-state index is 0.0183. The number of hydrogen-bond donors (Lipinski definition) is 3. The fourth-order valence-corrected chi connectivity index (χ4v) is 6.13. The summed E-state index contributed by atoms with van der Waals surface area (Å²) in [5.41, 5.74) is 3.54. The van der Waals surface area contributed by atoms with Gasteiger partial charge in [-0.05, 0) is 70.2 Å². The van der Waals surface area contributed by atoms with Crippen LogP contribution in [0.15, 0.2) is 52.0 Å². The number of aliphatic imine (C=N–C) groups is 2. The molecule has 0 spiro atoms. The van der Waals surface area contributed by atoms with Crippen molar-refractivity contribution in [1.29, 1.82) is 0 Å². The normalized spacial score (nSPS) is 24.8. The molecule has 4 unspecified atom stereocenters. The second kappa shape index (κ2) is 13.2. The van der Waals surface area contributed by atoms with Crippen molar-refractivity contribution in [3.8, 4) is 0 Å². The lowest BCUT2D eigenvalue weighted by molar-refractivity contribution is -0.140. The Labute approximate surface area is 234 Å². The third kappa shape index (κ3) is 8.00. The second-order valence-corrected chi connectivity index (χ2v) is 12.1. The quantitative estimate of drug-likeness (QED) is 0.169. The zero-order valence-electron chi connectivity index (χ0n) is 23.9. The summed E-state index contributed by atoms with van der Waals surface area (Å²) in [5, 5.41) is 12.1. The number of likely N-dealkylation sites (tertiary alicyclic amines) is 1. The summed E-state index contributed by atoms with van der Waals surface area (Å²) in [5.74, 6) is -1.86. The number of nitrogens with one attached hydrogen (secondary N) is 2. The molecule has 1 fully saturated rings. The zero-order chi connectivity index (χ0) is 28.8. The number of carbonyl (C=O) groups is 1. The van der Waals surface area contributed by atoms with Crippen molar-refractivity contribution in [1.82, 2.24) is 14.9 Å². The summed E-state index contributed by atoms with van der Waals surface area (Å²) in [7, 11) is 1.58. The van der Waals surface area contributed by atoms with Gasteiger partial charge in [0, 0.05) is 30.6 Å². The Hall–Kier alpha value is -2.53. The van der Waals surface area contributed by atoms with Crippen molar-refractivity contribution < 1.29 is 18.8 Å². The summed E-state index contributed by atoms with van der Waals surface area (Å²) in [6.07, 6.45) is 7.28. The number of benzene rings is 1. The van der Waals surface area contributed by atoms with Crippen LogP contribution in [0.3, 0.4) is 0 Å². The molecular formula is C29H42FN5O3S. The van der Waals surface area contributed by atoms with Crippen molar-refractivity contribution >= 4 is 28.9 Å². The number of aliphatic carboxylic acids is 1. The SMILES string of the molecule is C/C=C\C(=NC[S+]([O-])NC1CC=C(C(C)(F)NC)C(c2c(C)cccc2C)=N1)N1CCCC(C)(CC(=O)O)C1. The average Bonchev–Trinajstić information content (AvgIpc) is 2.85. The Kier molecular flexibility index (Phi) is 10.5. The van der Waals surface area contributed by atoms with Crippen LogP contribution in [0.4, 0.5) is 4.39 Å². The zero-order valence-corrected chi connectivity index (χ0v) is 24.7. The first-order valence-corrected chi connectivity index (χ1v) is 14.7. The third-order valence-electron chi connectivity index (χ3n) is 7.39. The topological polar surface area (TPSA) is 112 Å². The molecule has 39 heavy (non-hydrogen) atoms. The molecule has 214 valence electrons. The van der Waals surface area contributed by atoms with E-state index in [1.807, 2.05) is 64.1 Å². The van der Waals surface area contributed by atoms with Crippen LogP contribution < -0.4 is 10.0 Å². The predicted octanol–water partition coefficient (Wildman–Crippen LogP) is 4.42. The highest BCUT2D eigenvalue weighted by Gasteiger charge is 2.36. The number of aryl methyl sites for hydroxylation is 2. The molecule has 10 heteroatoms. The second-order valence-electron chi connectivity index (χ2n) is 10.9. The number of likely N-dealkylation sites (N-methyl/N-ethyl adjacent to an activating group) is 1. The van der Waals surface area contributed by atoms with Gasteiger partial charge in [0.2, 0.25) is 5.88 Å². The summed E-state index contributed by atoms with van der Waals surface area (Å²) >= 11 is -1.53. The summed E-state index contributed by atoms with van der Waals surface area (Å²) in [6, 6.07) is 5.92. The lowest BCUT2D eigenvalue weighted by Gasteiger charge is -2.40. The highest BCUT2D eigenvalue weighted by Crippen LogP contribution is 2.33. The molecule has 3 rings (SSSR count). The smallest absolute Gasteiger partial charge is 0.303 e. The molecule has 0 aromatic heterocycles. The first-order chi connectivity index (χ1) is 18.4. The van der Waals surface area contributed by atoms with Gasteiger partial charge in [0.15, 0.2) is 5.79 Å². The Balaban J connectivity index is 1.78. The van der Waals surface area contributed by atoms with Crippen molar-refractivity contribution in [2.45, 2.75) is 72.3 Å². The van der Waals surface area contributed by atoms with E-state index in [1.54, 1.807) is 7.05 Å². The minimum Gasteiger partial charge on any atom is -0.596 e. The molecule has 0 amide bonds. The van der Waals surface area contributed by atoms with Crippen LogP contribution in [0.2, 0.25) is 0 Å². The van der Waals surface area contributed by atoms with Crippen molar-refractivity contribution in [3.05, 3.63) is 58.7 Å². The number of dihydropyridines is 1. The summed E-state index contributed by atoms with van der Waals surface area (Å²) in [4.78, 5) is 22.9. The van der Waals surface area contributed by atoms with Crippen LogP contribution in [-0.4, -0.2) is 70.0 Å². The van der Waals surface area contributed by atoms with Gasteiger partial charge in [0.1, 0.15) is 12.0 Å². The van der Waals surface area contributed by atoms with Gasteiger partial charge in [-0.15, -0.1) is 4.72 Å². The Morgan fingerprint density at radius 1 is 1.41 bits per heavy atom. The van der Waals surface area contributed by atoms with Gasteiger partial charge in [0.05, 0.1) is 23.5 Å². The van der Waals surface area contributed by atoms with Crippen LogP contribution in [0.25, 0.3) is 0 Å². The van der Waals surface area contributed by atoms with E-state index >= 15 is 4.39 Å². The minimum atomic E-state index is -1.77. The fourth-order valence-electron chi connectivity index (χ4n) is 5.36. The number of piperidine rings is 1. The van der Waals surface area contributed by atoms with E-state index < -0.39 is 29.3 Å². The van der Waals surface area contributed by atoms with Gasteiger partial charge in [-0.25, -0.2) is 9.38 Å². The molecule has 2 aliphatic heterocycles. The number of rotatable bonds is 10. The molecule has 1 aromatic rings. The first kappa shape index (κ1) is 31.0. The predicted molar refractivity (Wildman–Crippen MR) is 157 cm³/mol. The van der Waals surface area contributed by atoms with E-state index in [0.717, 1.165) is 36.1 Å². The molecule has 8 nitrogen and oxygen atoms in total. The largest absolute Gasteiger partial charge is 0.596 e. The van der Waals surface area contributed by atoms with Gasteiger partial charge in [-0.3, -0.25) is 15.1 Å². The number of hydrogen-bond acceptors (Lipinski definition) is 6. The van der Waals surface area contributed by atoms with Crippen LogP contribution in [0.5, 0.6) is 0 Å². The Morgan fingerprint density at radius 2 is 2.10 bits per heavy atom. The molecule has 0 saturated carbocycles. The Bertz CT molecular complexity index is 1150. The molecular weight excluding hydrogens is 517 g/mol. The Morgan fingerprint density at radius 3 is 2.72 bits per heavy atom. The standard InChI is InChI=1S/C29H42FN5O3S/c1-7-10-24(35-16-9-15-28(4,18-35)17-25(36)37)32-19-39(38)34-23-14-13-22(29(5,30)31-6)27(33-23)26-20(2)11-8-12-21(26)3/h7-8,10-13,23,31,34H,9,14-19H2,1-6H3,(H,36,37)/b10-7-,32-24?. The van der Waals surface area contributed by atoms with Crippen LogP contribution >= 0.6 is 0 Å². The van der Waals surface area contributed by atoms with Gasteiger partial charge in [-0.2, -0.15) is 0 Å². The van der Waals surface area contributed by atoms with Crippen molar-refractivity contribution in [2.24, 2.45) is 15.4 Å². The molecule has 2 aliphatic rings. The molecule has 0 aliphatic carbocycles. The molecule has 4 atom stereocenters. The lowest BCUT2D eigenvalue weighted by atomic mass is 9.79. The number of amidine groups is 1. The number of halogens is 1. The number of carboxylic acid groups (broad SMARTS) is 1. The van der Waals surface area contributed by atoms with Gasteiger partial charge >= 0.3 is 5.97 Å². The average molecular weight is 560 g/mol. The van der Waals surface area contributed by atoms with E-state index in [0.29, 0.717) is 30.1 Å². The summed E-state index contributed by atoms with van der Waals surface area (Å²) < 4.78 is 31.6. The number of allylic oxidation sites excluding steroid dienone is 1. The molecule has 0 bridgehead atoms.